The Labute approximate surface area is 107 Å². The summed E-state index contributed by atoms with van der Waals surface area (Å²) < 4.78 is 5.73. The zero-order valence-electron chi connectivity index (χ0n) is 10.6. The van der Waals surface area contributed by atoms with Gasteiger partial charge in [-0.2, -0.15) is 0 Å². The minimum Gasteiger partial charge on any atom is -0.378 e. The van der Waals surface area contributed by atoms with Crippen molar-refractivity contribution in [3.05, 3.63) is 10.0 Å². The van der Waals surface area contributed by atoms with E-state index in [4.69, 9.17) is 4.74 Å². The number of aromatic nitrogens is 2. The van der Waals surface area contributed by atoms with Crippen molar-refractivity contribution in [1.29, 1.82) is 0 Å². The maximum Gasteiger partial charge on any atom is 0.134 e. The molecule has 17 heavy (non-hydrogen) atoms. The largest absolute Gasteiger partial charge is 0.378 e. The lowest BCUT2D eigenvalue weighted by molar-refractivity contribution is 0.0167. The Morgan fingerprint density at radius 3 is 3.00 bits per heavy atom. The molecule has 1 aliphatic rings. The fourth-order valence-corrected chi connectivity index (χ4v) is 3.26. The zero-order chi connectivity index (χ0) is 12.1. The number of hydrogen-bond donors (Lipinski definition) is 1. The third-order valence-electron chi connectivity index (χ3n) is 3.21. The van der Waals surface area contributed by atoms with Gasteiger partial charge in [-0.15, -0.1) is 10.2 Å². The second-order valence-corrected chi connectivity index (χ2v) is 5.57. The third kappa shape index (κ3) is 3.47. The molecule has 1 fully saturated rings. The third-order valence-corrected chi connectivity index (χ3v) is 4.27. The van der Waals surface area contributed by atoms with Gasteiger partial charge in [0.25, 0.3) is 0 Å². The van der Waals surface area contributed by atoms with Crippen LogP contribution in [0.2, 0.25) is 0 Å². The lowest BCUT2D eigenvalue weighted by Gasteiger charge is -2.21. The van der Waals surface area contributed by atoms with Gasteiger partial charge >= 0.3 is 0 Å². The molecule has 2 rings (SSSR count). The van der Waals surface area contributed by atoms with Gasteiger partial charge in [0, 0.05) is 13.0 Å². The lowest BCUT2D eigenvalue weighted by Crippen LogP contribution is -2.21. The van der Waals surface area contributed by atoms with Crippen LogP contribution in [0.15, 0.2) is 0 Å². The quantitative estimate of drug-likeness (QED) is 0.877. The van der Waals surface area contributed by atoms with E-state index in [1.54, 1.807) is 11.3 Å². The summed E-state index contributed by atoms with van der Waals surface area (Å²) >= 11 is 1.72. The molecule has 1 saturated heterocycles. The van der Waals surface area contributed by atoms with Crippen molar-refractivity contribution in [1.82, 2.24) is 15.5 Å². The fourth-order valence-electron chi connectivity index (χ4n) is 2.16. The van der Waals surface area contributed by atoms with E-state index in [1.807, 2.05) is 7.05 Å². The Morgan fingerprint density at radius 2 is 2.35 bits per heavy atom. The van der Waals surface area contributed by atoms with E-state index in [1.165, 1.54) is 12.8 Å². The SMILES string of the molecule is CCC(NC)c1nnc(CC2CCCCO2)s1. The standard InChI is InChI=1S/C12H21N3OS/c1-3-10(13-2)12-15-14-11(17-12)8-9-6-4-5-7-16-9/h9-10,13H,3-8H2,1-2H3. The molecule has 2 heterocycles. The molecule has 96 valence electrons. The summed E-state index contributed by atoms with van der Waals surface area (Å²) in [7, 11) is 1.97. The van der Waals surface area contributed by atoms with Gasteiger partial charge in [0.15, 0.2) is 0 Å². The molecule has 0 amide bonds. The maximum absolute atomic E-state index is 5.73. The molecule has 0 aliphatic carbocycles. The monoisotopic (exact) mass is 255 g/mol. The Kier molecular flexibility index (Phi) is 4.88. The van der Waals surface area contributed by atoms with E-state index < -0.39 is 0 Å². The smallest absolute Gasteiger partial charge is 0.134 e. The van der Waals surface area contributed by atoms with Crippen molar-refractivity contribution in [2.24, 2.45) is 0 Å². The van der Waals surface area contributed by atoms with Crippen molar-refractivity contribution >= 4 is 11.3 Å². The zero-order valence-corrected chi connectivity index (χ0v) is 11.4. The Balaban J connectivity index is 1.93. The number of ether oxygens (including phenoxy) is 1. The Morgan fingerprint density at radius 1 is 1.47 bits per heavy atom. The second kappa shape index (κ2) is 6.42. The van der Waals surface area contributed by atoms with Crippen molar-refractivity contribution in [2.45, 2.75) is 51.2 Å². The Bertz CT molecular complexity index is 332. The van der Waals surface area contributed by atoms with Crippen molar-refractivity contribution in [2.75, 3.05) is 13.7 Å². The topological polar surface area (TPSA) is 47.0 Å². The van der Waals surface area contributed by atoms with Gasteiger partial charge in [-0.05, 0) is 32.7 Å². The van der Waals surface area contributed by atoms with Crippen LogP contribution < -0.4 is 5.32 Å². The van der Waals surface area contributed by atoms with E-state index in [9.17, 15) is 0 Å². The molecule has 0 saturated carbocycles. The molecule has 2 unspecified atom stereocenters. The van der Waals surface area contributed by atoms with Gasteiger partial charge in [-0.1, -0.05) is 18.3 Å². The molecule has 1 N–H and O–H groups in total. The molecule has 1 aliphatic heterocycles. The first-order valence-electron chi connectivity index (χ1n) is 6.44. The van der Waals surface area contributed by atoms with Crippen LogP contribution in [0.5, 0.6) is 0 Å². The van der Waals surface area contributed by atoms with Crippen LogP contribution >= 0.6 is 11.3 Å². The minimum atomic E-state index is 0.341. The van der Waals surface area contributed by atoms with Crippen LogP contribution in [0.4, 0.5) is 0 Å². The van der Waals surface area contributed by atoms with Crippen LogP contribution in [0.3, 0.4) is 0 Å². The van der Waals surface area contributed by atoms with Gasteiger partial charge in [-0.25, -0.2) is 0 Å². The van der Waals surface area contributed by atoms with Crippen LogP contribution in [0.1, 0.15) is 48.7 Å². The number of hydrogen-bond acceptors (Lipinski definition) is 5. The van der Waals surface area contributed by atoms with Crippen LogP contribution in [-0.4, -0.2) is 30.0 Å². The summed E-state index contributed by atoms with van der Waals surface area (Å²) in [5.41, 5.74) is 0. The molecule has 0 spiro atoms. The molecule has 0 radical (unpaired) electrons. The first-order valence-corrected chi connectivity index (χ1v) is 7.26. The molecule has 0 aromatic carbocycles. The number of rotatable bonds is 5. The van der Waals surface area contributed by atoms with Crippen LogP contribution in [0, 0.1) is 0 Å². The lowest BCUT2D eigenvalue weighted by atomic mass is 10.1. The van der Waals surface area contributed by atoms with Crippen LogP contribution in [-0.2, 0) is 11.2 Å². The molecule has 2 atom stereocenters. The highest BCUT2D eigenvalue weighted by atomic mass is 32.1. The summed E-state index contributed by atoms with van der Waals surface area (Å²) in [5.74, 6) is 0. The first-order chi connectivity index (χ1) is 8.33. The summed E-state index contributed by atoms with van der Waals surface area (Å²) in [4.78, 5) is 0. The van der Waals surface area contributed by atoms with E-state index in [-0.39, 0.29) is 0 Å². The summed E-state index contributed by atoms with van der Waals surface area (Å²) in [6.07, 6.45) is 5.99. The normalized spacial score (nSPS) is 22.6. The van der Waals surface area contributed by atoms with Crippen LogP contribution in [0.25, 0.3) is 0 Å². The molecule has 5 heteroatoms. The highest BCUT2D eigenvalue weighted by molar-refractivity contribution is 7.11. The van der Waals surface area contributed by atoms with Gasteiger partial charge in [0.1, 0.15) is 10.0 Å². The highest BCUT2D eigenvalue weighted by Gasteiger charge is 2.18. The summed E-state index contributed by atoms with van der Waals surface area (Å²) in [6, 6.07) is 0.341. The molecular formula is C12H21N3OS. The van der Waals surface area contributed by atoms with Crippen molar-refractivity contribution in [3.63, 3.8) is 0 Å². The predicted octanol–water partition coefficient (Wildman–Crippen LogP) is 2.32. The molecule has 4 nitrogen and oxygen atoms in total. The average Bonchev–Trinajstić information content (AvgIpc) is 2.81. The summed E-state index contributed by atoms with van der Waals surface area (Å²) in [5, 5.41) is 14.0. The fraction of sp³-hybridized carbons (Fsp3) is 0.833. The van der Waals surface area contributed by atoms with Crippen molar-refractivity contribution in [3.8, 4) is 0 Å². The molecule has 1 aromatic rings. The Hall–Kier alpha value is -0.520. The van der Waals surface area contributed by atoms with E-state index in [2.05, 4.69) is 22.4 Å². The van der Waals surface area contributed by atoms with Gasteiger partial charge in [0.05, 0.1) is 12.1 Å². The maximum atomic E-state index is 5.73. The van der Waals surface area contributed by atoms with Crippen molar-refractivity contribution < 1.29 is 4.74 Å². The minimum absolute atomic E-state index is 0.341. The van der Waals surface area contributed by atoms with Gasteiger partial charge < -0.3 is 10.1 Å². The average molecular weight is 255 g/mol. The first kappa shape index (κ1) is 12.9. The highest BCUT2D eigenvalue weighted by Crippen LogP contribution is 2.23. The predicted molar refractivity (Wildman–Crippen MR) is 69.3 cm³/mol. The van der Waals surface area contributed by atoms with E-state index in [0.29, 0.717) is 12.1 Å². The van der Waals surface area contributed by atoms with Gasteiger partial charge in [0.2, 0.25) is 0 Å². The summed E-state index contributed by atoms with van der Waals surface area (Å²) in [6.45, 7) is 3.07. The van der Waals surface area contributed by atoms with E-state index in [0.717, 1.165) is 35.9 Å². The number of nitrogens with one attached hydrogen (secondary N) is 1. The molecule has 0 bridgehead atoms. The van der Waals surface area contributed by atoms with Gasteiger partial charge in [-0.3, -0.25) is 0 Å². The number of nitrogens with zero attached hydrogens (tertiary/aromatic N) is 2. The second-order valence-electron chi connectivity index (χ2n) is 4.48. The molecular weight excluding hydrogens is 234 g/mol. The van der Waals surface area contributed by atoms with E-state index >= 15 is 0 Å². The molecule has 1 aromatic heterocycles.